The number of amides is 1. The summed E-state index contributed by atoms with van der Waals surface area (Å²) in [5, 5.41) is 41.9. The minimum atomic E-state index is -3.03. The molecular weight excluding hydrogens is 586 g/mol. The van der Waals surface area contributed by atoms with Crippen LogP contribution in [0.25, 0.3) is 0 Å². The lowest BCUT2D eigenvalue weighted by Crippen LogP contribution is -2.55. The average molecular weight is 636 g/mol. The third-order valence-corrected chi connectivity index (χ3v) is 7.55. The van der Waals surface area contributed by atoms with Gasteiger partial charge in [-0.1, -0.05) is 63.7 Å². The number of Topliss-reactive ketones (excluding diaryl/α,β-unsaturated/α-hetero) is 1. The fourth-order valence-corrected chi connectivity index (χ4v) is 4.94. The van der Waals surface area contributed by atoms with E-state index in [0.29, 0.717) is 42.7 Å². The number of aliphatic hydroxyl groups is 1. The van der Waals surface area contributed by atoms with E-state index in [-0.39, 0.29) is 12.2 Å². The average Bonchev–Trinajstić information content (AvgIpc) is 2.98. The Kier molecular flexibility index (Phi) is 18.2. The second-order valence-corrected chi connectivity index (χ2v) is 11.2. The molecule has 0 spiro atoms. The number of carboxylic acids is 3. The Morgan fingerprint density at radius 1 is 0.867 bits per heavy atom. The molecule has 0 aliphatic carbocycles. The Morgan fingerprint density at radius 3 is 2.00 bits per heavy atom. The molecule has 5 N–H and O–H groups in total. The van der Waals surface area contributed by atoms with Crippen LogP contribution >= 0.6 is 0 Å². The fourth-order valence-electron chi connectivity index (χ4n) is 4.94. The molecule has 252 valence electrons. The second kappa shape index (κ2) is 20.9. The molecule has 1 aromatic carbocycles. The zero-order chi connectivity index (χ0) is 33.8. The van der Waals surface area contributed by atoms with Crippen LogP contribution in [0.5, 0.6) is 11.5 Å². The van der Waals surface area contributed by atoms with Gasteiger partial charge in [-0.25, -0.2) is 9.59 Å². The summed E-state index contributed by atoms with van der Waals surface area (Å²) in [6.07, 6.45) is 11.1. The van der Waals surface area contributed by atoms with E-state index in [9.17, 15) is 44.4 Å². The van der Waals surface area contributed by atoms with E-state index in [1.165, 1.54) is 32.8 Å². The topological polar surface area (TPSA) is 197 Å². The van der Waals surface area contributed by atoms with Crippen molar-refractivity contribution in [1.82, 2.24) is 5.32 Å². The highest BCUT2D eigenvalue weighted by molar-refractivity contribution is 5.94. The van der Waals surface area contributed by atoms with E-state index in [0.717, 1.165) is 51.0 Å². The highest BCUT2D eigenvalue weighted by Gasteiger charge is 2.49. The third-order valence-electron chi connectivity index (χ3n) is 7.55. The smallest absolute Gasteiger partial charge is 0.337 e. The van der Waals surface area contributed by atoms with E-state index in [4.69, 9.17) is 9.47 Å². The summed E-state index contributed by atoms with van der Waals surface area (Å²) >= 11 is 0. The van der Waals surface area contributed by atoms with Crippen molar-refractivity contribution in [3.05, 3.63) is 35.9 Å². The van der Waals surface area contributed by atoms with Crippen LogP contribution in [0.3, 0.4) is 0 Å². The van der Waals surface area contributed by atoms with Gasteiger partial charge in [0.1, 0.15) is 11.8 Å². The number of allylic oxidation sites excluding steroid dienone is 1. The van der Waals surface area contributed by atoms with Gasteiger partial charge in [0.2, 0.25) is 5.91 Å². The summed E-state index contributed by atoms with van der Waals surface area (Å²) in [6, 6.07) is 3.13. The molecule has 12 nitrogen and oxygen atoms in total. The van der Waals surface area contributed by atoms with Crippen LogP contribution in [-0.4, -0.2) is 75.9 Å². The summed E-state index contributed by atoms with van der Waals surface area (Å²) in [4.78, 5) is 60.8. The number of carbonyl (C=O) groups is 5. The fraction of sp³-hybridized carbons (Fsp3) is 0.606. The van der Waals surface area contributed by atoms with E-state index >= 15 is 0 Å². The first-order valence-electron chi connectivity index (χ1n) is 15.5. The van der Waals surface area contributed by atoms with Gasteiger partial charge < -0.3 is 35.2 Å². The van der Waals surface area contributed by atoms with Gasteiger partial charge in [0.25, 0.3) is 0 Å². The maximum absolute atomic E-state index is 13.3. The minimum absolute atomic E-state index is 0.219. The van der Waals surface area contributed by atoms with Crippen LogP contribution in [0.1, 0.15) is 96.0 Å². The SMILES string of the molecule is CCCCCCCC(=O)CCCCCC/C=C/C(C(=O)NC(Cc1ccc(OC)c(OC)c1)C(=O)O)C(O)(CC(=O)O)C(=O)O. The number of benzene rings is 1. The Hall–Kier alpha value is -3.93. The standard InChI is InChI=1S/C33H49NO11/c1-4-5-6-9-12-15-24(35)16-13-10-7-8-11-14-17-25(33(43,32(41)42)22-29(36)37)30(38)34-26(31(39)40)20-23-18-19-27(44-2)28(21-23)45-3/h14,17-19,21,25-26,43H,4-13,15-16,20,22H2,1-3H3,(H,34,38)(H,36,37)(H,39,40)(H,41,42)/b17-14+. The van der Waals surface area contributed by atoms with Crippen molar-refractivity contribution in [3.8, 4) is 11.5 Å². The predicted molar refractivity (Wildman–Crippen MR) is 166 cm³/mol. The summed E-state index contributed by atoms with van der Waals surface area (Å²) < 4.78 is 10.4. The van der Waals surface area contributed by atoms with Crippen LogP contribution in [0.15, 0.2) is 30.4 Å². The highest BCUT2D eigenvalue weighted by atomic mass is 16.5. The molecule has 0 aliphatic rings. The van der Waals surface area contributed by atoms with Gasteiger partial charge in [0, 0.05) is 19.3 Å². The zero-order valence-electron chi connectivity index (χ0n) is 26.6. The Morgan fingerprint density at radius 2 is 1.47 bits per heavy atom. The van der Waals surface area contributed by atoms with Crippen molar-refractivity contribution in [2.45, 2.75) is 108 Å². The van der Waals surface area contributed by atoms with Gasteiger partial charge in [0.05, 0.1) is 26.6 Å². The number of rotatable bonds is 25. The van der Waals surface area contributed by atoms with Gasteiger partial charge in [0.15, 0.2) is 17.1 Å². The lowest BCUT2D eigenvalue weighted by atomic mass is 9.82. The second-order valence-electron chi connectivity index (χ2n) is 11.2. The molecule has 0 aliphatic heterocycles. The molecule has 0 saturated heterocycles. The minimum Gasteiger partial charge on any atom is -0.493 e. The summed E-state index contributed by atoms with van der Waals surface area (Å²) in [5.74, 6) is -7.06. The number of ketones is 1. The Balaban J connectivity index is 2.88. The molecule has 12 heteroatoms. The summed E-state index contributed by atoms with van der Waals surface area (Å²) in [6.45, 7) is 2.15. The maximum atomic E-state index is 13.3. The number of carbonyl (C=O) groups excluding carboxylic acids is 2. The van der Waals surface area contributed by atoms with Crippen LogP contribution in [-0.2, 0) is 30.4 Å². The number of ether oxygens (including phenoxy) is 2. The molecule has 0 aromatic heterocycles. The number of hydrogen-bond acceptors (Lipinski definition) is 8. The third kappa shape index (κ3) is 14.1. The van der Waals surface area contributed by atoms with Crippen molar-refractivity contribution in [1.29, 1.82) is 0 Å². The molecule has 1 aromatic rings. The summed E-state index contributed by atoms with van der Waals surface area (Å²) in [7, 11) is 2.84. The lowest BCUT2D eigenvalue weighted by Gasteiger charge is -2.29. The zero-order valence-corrected chi connectivity index (χ0v) is 26.6. The Labute approximate surface area is 264 Å². The number of carboxylic acid groups (broad SMARTS) is 3. The molecule has 45 heavy (non-hydrogen) atoms. The van der Waals surface area contributed by atoms with Gasteiger partial charge in [-0.3, -0.25) is 14.4 Å². The van der Waals surface area contributed by atoms with E-state index < -0.39 is 47.8 Å². The van der Waals surface area contributed by atoms with E-state index in [2.05, 4.69) is 12.2 Å². The first kappa shape index (κ1) is 39.1. The molecule has 0 heterocycles. The maximum Gasteiger partial charge on any atom is 0.337 e. The van der Waals surface area contributed by atoms with Crippen LogP contribution in [0.2, 0.25) is 0 Å². The van der Waals surface area contributed by atoms with Crippen LogP contribution in [0.4, 0.5) is 0 Å². The molecule has 1 rings (SSSR count). The van der Waals surface area contributed by atoms with Crippen molar-refractivity contribution in [3.63, 3.8) is 0 Å². The van der Waals surface area contributed by atoms with E-state index in [1.54, 1.807) is 12.1 Å². The number of methoxy groups -OCH3 is 2. The van der Waals surface area contributed by atoms with Crippen molar-refractivity contribution in [2.75, 3.05) is 14.2 Å². The summed E-state index contributed by atoms with van der Waals surface area (Å²) in [5.41, 5.74) is -2.57. The molecule has 1 amide bonds. The first-order chi connectivity index (χ1) is 21.4. The van der Waals surface area contributed by atoms with Crippen molar-refractivity contribution < 1.29 is 53.9 Å². The molecule has 0 radical (unpaired) electrons. The molecule has 3 unspecified atom stereocenters. The van der Waals surface area contributed by atoms with Crippen molar-refractivity contribution >= 4 is 29.6 Å². The van der Waals surface area contributed by atoms with Crippen LogP contribution in [0, 0.1) is 5.92 Å². The predicted octanol–water partition coefficient (Wildman–Crippen LogP) is 4.55. The van der Waals surface area contributed by atoms with E-state index in [1.807, 2.05) is 0 Å². The molecule has 0 saturated carbocycles. The molecule has 3 atom stereocenters. The van der Waals surface area contributed by atoms with Gasteiger partial charge in [-0.15, -0.1) is 0 Å². The number of hydrogen-bond donors (Lipinski definition) is 5. The highest BCUT2D eigenvalue weighted by Crippen LogP contribution is 2.29. The number of nitrogens with one attached hydrogen (secondary N) is 1. The number of aliphatic carboxylic acids is 3. The van der Waals surface area contributed by atoms with Crippen LogP contribution < -0.4 is 14.8 Å². The molecule has 0 bridgehead atoms. The van der Waals surface area contributed by atoms with Gasteiger partial charge in [-0.2, -0.15) is 0 Å². The molecule has 0 fully saturated rings. The Bertz CT molecular complexity index is 1150. The lowest BCUT2D eigenvalue weighted by molar-refractivity contribution is -0.172. The number of unbranched alkanes of at least 4 members (excludes halogenated alkanes) is 8. The monoisotopic (exact) mass is 635 g/mol. The largest absolute Gasteiger partial charge is 0.493 e. The van der Waals surface area contributed by atoms with Gasteiger partial charge >= 0.3 is 17.9 Å². The first-order valence-corrected chi connectivity index (χ1v) is 15.5. The van der Waals surface area contributed by atoms with Gasteiger partial charge in [-0.05, 0) is 43.4 Å². The normalized spacial score (nSPS) is 13.9. The van der Waals surface area contributed by atoms with Crippen molar-refractivity contribution in [2.24, 2.45) is 5.92 Å². The molecular formula is C33H49NO11. The quantitative estimate of drug-likeness (QED) is 0.0746.